The van der Waals surface area contributed by atoms with Gasteiger partial charge in [0.15, 0.2) is 6.20 Å². The molecule has 0 saturated heterocycles. The first-order chi connectivity index (χ1) is 16.1. The molecule has 8 nitrogen and oxygen atoms in total. The Balaban J connectivity index is 1.38. The van der Waals surface area contributed by atoms with Gasteiger partial charge in [0.2, 0.25) is 5.91 Å². The molecule has 2 aromatic rings. The van der Waals surface area contributed by atoms with Crippen molar-refractivity contribution in [2.45, 2.75) is 38.5 Å². The highest BCUT2D eigenvalue weighted by Gasteiger charge is 2.53. The number of amides is 1. The van der Waals surface area contributed by atoms with Crippen molar-refractivity contribution in [2.75, 3.05) is 22.2 Å². The average Bonchev–Trinajstić information content (AvgIpc) is 3.35. The molecule has 4 aliphatic heterocycles. The molecule has 1 atom stereocenters. The van der Waals surface area contributed by atoms with Crippen molar-refractivity contribution < 1.29 is 9.50 Å². The molecular weight excluding hydrogens is 450 g/mol. The summed E-state index contributed by atoms with van der Waals surface area (Å²) in [6.45, 7) is 9.02. The molecule has 34 heavy (non-hydrogen) atoms. The van der Waals surface area contributed by atoms with Crippen LogP contribution >= 0.6 is 11.6 Å². The van der Waals surface area contributed by atoms with E-state index in [9.17, 15) is 4.79 Å². The fourth-order valence-electron chi connectivity index (χ4n) is 5.08. The van der Waals surface area contributed by atoms with Crippen LogP contribution in [0.25, 0.3) is 0 Å². The molecular formula is C25H25ClN7O+. The minimum Gasteiger partial charge on any atom is -0.325 e. The van der Waals surface area contributed by atoms with Crippen molar-refractivity contribution in [3.8, 4) is 0 Å². The number of nitrogens with zero attached hydrogens (tertiary/aromatic N) is 5. The number of hydrogen-bond donors (Lipinski definition) is 2. The van der Waals surface area contributed by atoms with Crippen LogP contribution in [-0.2, 0) is 15.6 Å². The van der Waals surface area contributed by atoms with Crippen LogP contribution in [0.3, 0.4) is 0 Å². The third kappa shape index (κ3) is 2.88. The maximum absolute atomic E-state index is 12.3. The van der Waals surface area contributed by atoms with E-state index in [1.165, 1.54) is 5.56 Å². The SMILES string of the molecule is CC1(C)CN([N+]23C=CN=CC2=NC(Nc2ccc4c(c2)NC(=O)C4(C)C)=N3)c2cc(Cl)ccc21. The van der Waals surface area contributed by atoms with Crippen molar-refractivity contribution in [3.63, 3.8) is 0 Å². The Kier molecular flexibility index (Phi) is 4.20. The molecule has 0 radical (unpaired) electrons. The lowest BCUT2D eigenvalue weighted by Crippen LogP contribution is -2.57. The molecule has 4 heterocycles. The van der Waals surface area contributed by atoms with Crippen LogP contribution in [0.1, 0.15) is 38.8 Å². The summed E-state index contributed by atoms with van der Waals surface area (Å²) in [5, 5.41) is 14.2. The molecule has 2 N–H and O–H groups in total. The number of nitrogens with one attached hydrogen (secondary N) is 2. The number of hydrogen-bond acceptors (Lipinski definition) is 6. The molecule has 6 rings (SSSR count). The van der Waals surface area contributed by atoms with Gasteiger partial charge < -0.3 is 10.6 Å². The maximum atomic E-state index is 12.3. The van der Waals surface area contributed by atoms with Crippen LogP contribution < -0.4 is 15.6 Å². The summed E-state index contributed by atoms with van der Waals surface area (Å²) < 4.78 is 0.0529. The van der Waals surface area contributed by atoms with Crippen LogP contribution in [0, 0.1) is 0 Å². The zero-order chi connectivity index (χ0) is 23.9. The number of halogens is 1. The van der Waals surface area contributed by atoms with Crippen LogP contribution in [-0.4, -0.2) is 35.2 Å². The Hall–Kier alpha value is -3.49. The lowest BCUT2D eigenvalue weighted by atomic mass is 9.86. The minimum atomic E-state index is -0.548. The molecule has 4 aliphatic rings. The second-order valence-corrected chi connectivity index (χ2v) is 10.6. The summed E-state index contributed by atoms with van der Waals surface area (Å²) in [6, 6.07) is 11.9. The number of amidine groups is 1. The number of benzene rings is 2. The second kappa shape index (κ2) is 6.77. The highest BCUT2D eigenvalue weighted by molar-refractivity contribution is 6.31. The summed E-state index contributed by atoms with van der Waals surface area (Å²) in [5.41, 5.74) is 4.19. The summed E-state index contributed by atoms with van der Waals surface area (Å²) in [5.74, 6) is 1.14. The van der Waals surface area contributed by atoms with Gasteiger partial charge in [-0.25, -0.2) is 0 Å². The van der Waals surface area contributed by atoms with Crippen LogP contribution in [0.2, 0.25) is 5.02 Å². The zero-order valence-electron chi connectivity index (χ0n) is 19.4. The van der Waals surface area contributed by atoms with Crippen LogP contribution in [0.15, 0.2) is 63.9 Å². The molecule has 0 saturated carbocycles. The lowest BCUT2D eigenvalue weighted by molar-refractivity contribution is -0.800. The monoisotopic (exact) mass is 474 g/mol. The number of carbonyl (C=O) groups excluding carboxylic acids is 1. The summed E-state index contributed by atoms with van der Waals surface area (Å²) in [6.07, 6.45) is 5.40. The standard InChI is InChI=1S/C25H24ClN7O/c1-24(2)14-32(20-11-15(26)5-7-18(20)24)33-10-9-27-13-21(33)30-23(31-33)28-16-6-8-17-19(12-16)29-22(34)25(17,3)4/h5-13H,14H2,1-4H3,(H-,28,29,31,34)/p+1. The molecule has 2 aromatic carbocycles. The van der Waals surface area contributed by atoms with Gasteiger partial charge in [0.1, 0.15) is 6.21 Å². The van der Waals surface area contributed by atoms with E-state index < -0.39 is 5.41 Å². The Labute approximate surface area is 202 Å². The number of carbonyl (C=O) groups is 1. The Morgan fingerprint density at radius 1 is 1.12 bits per heavy atom. The van der Waals surface area contributed by atoms with Crippen LogP contribution in [0.4, 0.5) is 17.1 Å². The van der Waals surface area contributed by atoms with Gasteiger partial charge in [0.25, 0.3) is 5.96 Å². The van der Waals surface area contributed by atoms with E-state index in [-0.39, 0.29) is 16.0 Å². The predicted octanol–water partition coefficient (Wildman–Crippen LogP) is 4.75. The first kappa shape index (κ1) is 21.1. The van der Waals surface area contributed by atoms with E-state index >= 15 is 0 Å². The number of aliphatic imine (C=N–C) groups is 2. The van der Waals surface area contributed by atoms with Gasteiger partial charge in [-0.15, -0.1) is 4.99 Å². The van der Waals surface area contributed by atoms with Crippen molar-refractivity contribution in [1.29, 1.82) is 0 Å². The third-order valence-corrected chi connectivity index (χ3v) is 7.24. The number of fused-ring (bicyclic) bond motifs is 3. The van der Waals surface area contributed by atoms with Crippen molar-refractivity contribution in [1.82, 2.24) is 0 Å². The molecule has 172 valence electrons. The minimum absolute atomic E-state index is 0.00457. The van der Waals surface area contributed by atoms with Gasteiger partial charge in [-0.1, -0.05) is 37.6 Å². The van der Waals surface area contributed by atoms with Gasteiger partial charge in [-0.05, 0) is 59.0 Å². The van der Waals surface area contributed by atoms with E-state index in [1.54, 1.807) is 12.4 Å². The van der Waals surface area contributed by atoms with Crippen LogP contribution in [0.5, 0.6) is 0 Å². The van der Waals surface area contributed by atoms with Crippen molar-refractivity contribution in [2.24, 2.45) is 15.1 Å². The molecule has 9 heteroatoms. The number of quaternary nitrogens is 1. The summed E-state index contributed by atoms with van der Waals surface area (Å²) in [4.78, 5) is 21.4. The Bertz CT molecular complexity index is 1390. The first-order valence-corrected chi connectivity index (χ1v) is 11.6. The van der Waals surface area contributed by atoms with E-state index in [1.807, 2.05) is 50.4 Å². The average molecular weight is 475 g/mol. The molecule has 0 spiro atoms. The number of guanidine groups is 1. The molecule has 1 amide bonds. The topological polar surface area (TPSA) is 81.5 Å². The quantitative estimate of drug-likeness (QED) is 0.616. The fourth-order valence-corrected chi connectivity index (χ4v) is 5.25. The van der Waals surface area contributed by atoms with Gasteiger partial charge in [0, 0.05) is 21.8 Å². The largest absolute Gasteiger partial charge is 0.325 e. The van der Waals surface area contributed by atoms with Crippen molar-refractivity contribution in [3.05, 3.63) is 64.9 Å². The van der Waals surface area contributed by atoms with Gasteiger partial charge in [-0.2, -0.15) is 5.01 Å². The first-order valence-electron chi connectivity index (χ1n) is 11.2. The second-order valence-electron chi connectivity index (χ2n) is 10.2. The molecule has 0 aromatic heterocycles. The predicted molar refractivity (Wildman–Crippen MR) is 136 cm³/mol. The van der Waals surface area contributed by atoms with E-state index in [0.717, 1.165) is 29.2 Å². The Morgan fingerprint density at radius 3 is 2.74 bits per heavy atom. The molecule has 0 aliphatic carbocycles. The number of anilines is 3. The highest BCUT2D eigenvalue weighted by Crippen LogP contribution is 2.46. The van der Waals surface area contributed by atoms with Gasteiger partial charge in [0.05, 0.1) is 23.8 Å². The smallest absolute Gasteiger partial charge is 0.307 e. The highest BCUT2D eigenvalue weighted by atomic mass is 35.5. The van der Waals surface area contributed by atoms with E-state index in [2.05, 4.69) is 40.5 Å². The maximum Gasteiger partial charge on any atom is 0.307 e. The fraction of sp³-hybridized carbons (Fsp3) is 0.280. The molecule has 0 bridgehead atoms. The van der Waals surface area contributed by atoms with Gasteiger partial charge in [-0.3, -0.25) is 9.79 Å². The van der Waals surface area contributed by atoms with Crippen molar-refractivity contribution >= 4 is 52.6 Å². The lowest BCUT2D eigenvalue weighted by Gasteiger charge is -2.34. The van der Waals surface area contributed by atoms with Gasteiger partial charge >= 0.3 is 5.84 Å². The number of rotatable bonds is 2. The zero-order valence-corrected chi connectivity index (χ0v) is 20.2. The summed E-state index contributed by atoms with van der Waals surface area (Å²) >= 11 is 6.39. The molecule has 1 unspecified atom stereocenters. The molecule has 0 fully saturated rings. The third-order valence-electron chi connectivity index (χ3n) is 7.00. The van der Waals surface area contributed by atoms with E-state index in [0.29, 0.717) is 16.8 Å². The van der Waals surface area contributed by atoms with E-state index in [4.69, 9.17) is 21.7 Å². The summed E-state index contributed by atoms with van der Waals surface area (Å²) in [7, 11) is 0. The Morgan fingerprint density at radius 2 is 1.91 bits per heavy atom. The normalized spacial score (nSPS) is 24.9.